The number of nitrogens with zero attached hydrogens (tertiary/aromatic N) is 3. The van der Waals surface area contributed by atoms with E-state index in [4.69, 9.17) is 21.1 Å². The first-order valence-electron chi connectivity index (χ1n) is 12.8. The van der Waals surface area contributed by atoms with Crippen LogP contribution < -0.4 is 10.1 Å². The number of hydrogen-bond acceptors (Lipinski definition) is 7. The zero-order valence-electron chi connectivity index (χ0n) is 21.5. The number of carbonyl (C=O) groups is 1. The van der Waals surface area contributed by atoms with Gasteiger partial charge in [0.2, 0.25) is 0 Å². The molecule has 12 heteroatoms. The third-order valence-corrected chi connectivity index (χ3v) is 7.89. The first-order valence-corrected chi connectivity index (χ1v) is 14.0. The fourth-order valence-electron chi connectivity index (χ4n) is 4.69. The average molecular weight is 591 g/mol. The lowest BCUT2D eigenvalue weighted by atomic mass is 9.90. The normalized spacial score (nSPS) is 14.3. The summed E-state index contributed by atoms with van der Waals surface area (Å²) in [5.41, 5.74) is 0.526. The highest BCUT2D eigenvalue weighted by Crippen LogP contribution is 2.36. The third kappa shape index (κ3) is 6.01. The maximum Gasteiger partial charge on any atom is 0.434 e. The number of aromatic nitrogens is 3. The van der Waals surface area contributed by atoms with Gasteiger partial charge in [0.1, 0.15) is 17.9 Å². The van der Waals surface area contributed by atoms with Crippen LogP contribution in [0, 0.1) is 0 Å². The molecule has 5 rings (SSSR count). The van der Waals surface area contributed by atoms with Gasteiger partial charge in [-0.05, 0) is 80.0 Å². The molecule has 0 unspecified atom stereocenters. The molecule has 0 radical (unpaired) electrons. The number of nitrogens with one attached hydrogen (secondary N) is 1. The van der Waals surface area contributed by atoms with Crippen LogP contribution in [0.15, 0.2) is 54.0 Å². The number of halogens is 4. The summed E-state index contributed by atoms with van der Waals surface area (Å²) in [5, 5.41) is 9.57. The number of carbonyl (C=O) groups excluding carboxylic acids is 1. The molecule has 4 heterocycles. The maximum atomic E-state index is 14.0. The summed E-state index contributed by atoms with van der Waals surface area (Å²) in [5.74, 6) is -0.165. The first kappa shape index (κ1) is 28.1. The Hall–Kier alpha value is -3.41. The van der Waals surface area contributed by atoms with Crippen molar-refractivity contribution in [1.82, 2.24) is 20.1 Å². The van der Waals surface area contributed by atoms with Gasteiger partial charge in [0.25, 0.3) is 0 Å². The summed E-state index contributed by atoms with van der Waals surface area (Å²) < 4.78 is 53.3. The summed E-state index contributed by atoms with van der Waals surface area (Å²) in [6.07, 6.45) is -1.89. The summed E-state index contributed by atoms with van der Waals surface area (Å²) in [6, 6.07) is 12.4. The van der Waals surface area contributed by atoms with E-state index in [0.29, 0.717) is 27.1 Å². The Kier molecular flexibility index (Phi) is 8.43. The number of hydrogen-bond donors (Lipinski definition) is 1. The van der Waals surface area contributed by atoms with Crippen molar-refractivity contribution < 1.29 is 27.4 Å². The van der Waals surface area contributed by atoms with Gasteiger partial charge in [-0.25, -0.2) is 14.5 Å². The van der Waals surface area contributed by atoms with E-state index >= 15 is 0 Å². The number of piperidine rings is 1. The van der Waals surface area contributed by atoms with Crippen LogP contribution in [0.3, 0.4) is 0 Å². The Labute approximate surface area is 237 Å². The van der Waals surface area contributed by atoms with Gasteiger partial charge >= 0.3 is 12.1 Å². The van der Waals surface area contributed by atoms with E-state index in [1.54, 1.807) is 12.1 Å². The molecule has 0 bridgehead atoms. The average Bonchev–Trinajstić information content (AvgIpc) is 3.61. The second-order valence-corrected chi connectivity index (χ2v) is 10.5. The lowest BCUT2D eigenvalue weighted by Gasteiger charge is -2.23. The molecular weight excluding hydrogens is 565 g/mol. The predicted molar refractivity (Wildman–Crippen MR) is 146 cm³/mol. The minimum atomic E-state index is -4.86. The Morgan fingerprint density at radius 3 is 2.73 bits per heavy atom. The number of pyridine rings is 1. The lowest BCUT2D eigenvalue weighted by molar-refractivity contribution is -0.143. The van der Waals surface area contributed by atoms with E-state index in [1.165, 1.54) is 29.9 Å². The second-order valence-electron chi connectivity index (χ2n) is 9.20. The quantitative estimate of drug-likeness (QED) is 0.225. The summed E-state index contributed by atoms with van der Waals surface area (Å²) >= 11 is 7.93. The highest BCUT2D eigenvalue weighted by Gasteiger charge is 2.41. The molecule has 40 heavy (non-hydrogen) atoms. The lowest BCUT2D eigenvalue weighted by Crippen LogP contribution is -2.26. The number of thiophene rings is 1. The molecule has 1 fully saturated rings. The summed E-state index contributed by atoms with van der Waals surface area (Å²) in [7, 11) is 0. The second kappa shape index (κ2) is 12.0. The Morgan fingerprint density at radius 2 is 2.00 bits per heavy atom. The van der Waals surface area contributed by atoms with Crippen molar-refractivity contribution in [3.05, 3.63) is 81.4 Å². The smallest absolute Gasteiger partial charge is 0.434 e. The van der Waals surface area contributed by atoms with Crippen molar-refractivity contribution in [2.24, 2.45) is 0 Å². The van der Waals surface area contributed by atoms with Gasteiger partial charge in [0, 0.05) is 5.56 Å². The molecule has 1 N–H and O–H groups in total. The molecule has 3 aromatic heterocycles. The van der Waals surface area contributed by atoms with Crippen molar-refractivity contribution in [2.45, 2.75) is 38.5 Å². The molecule has 1 saturated heterocycles. The SMILES string of the molecule is CCOC(=O)c1cnn(-c2cccc(-c3sccc3COc3ccc(C4CCNCC4)cc3Cl)n2)c1C(F)(F)F. The molecule has 210 valence electrons. The van der Waals surface area contributed by atoms with E-state index in [9.17, 15) is 18.0 Å². The summed E-state index contributed by atoms with van der Waals surface area (Å²) in [6.45, 7) is 3.62. The molecule has 4 aromatic rings. The fourth-order valence-corrected chi connectivity index (χ4v) is 5.82. The standard InChI is InChI=1S/C28H26ClF3N4O3S/c1-2-38-27(37)20-15-34-36(26(20)28(30,31)32)24-5-3-4-22(35-24)25-19(10-13-40-25)16-39-23-7-6-18(14-21(23)29)17-8-11-33-12-9-17/h3-7,10,13-15,17,33H,2,8-9,11-12,16H2,1H3. The van der Waals surface area contributed by atoms with Gasteiger partial charge in [0.15, 0.2) is 11.5 Å². The van der Waals surface area contributed by atoms with Crippen molar-refractivity contribution in [2.75, 3.05) is 19.7 Å². The van der Waals surface area contributed by atoms with Gasteiger partial charge in [-0.15, -0.1) is 11.3 Å². The van der Waals surface area contributed by atoms with Crippen LogP contribution in [0.25, 0.3) is 16.4 Å². The zero-order chi connectivity index (χ0) is 28.3. The Balaban J connectivity index is 1.38. The van der Waals surface area contributed by atoms with Gasteiger partial charge in [-0.2, -0.15) is 18.3 Å². The highest BCUT2D eigenvalue weighted by molar-refractivity contribution is 7.13. The minimum Gasteiger partial charge on any atom is -0.487 e. The van der Waals surface area contributed by atoms with Gasteiger partial charge in [-0.3, -0.25) is 0 Å². The molecule has 0 atom stereocenters. The third-order valence-electron chi connectivity index (χ3n) is 6.61. The van der Waals surface area contributed by atoms with Crippen molar-refractivity contribution >= 4 is 28.9 Å². The van der Waals surface area contributed by atoms with Gasteiger partial charge in [-0.1, -0.05) is 23.7 Å². The zero-order valence-corrected chi connectivity index (χ0v) is 23.1. The molecule has 1 aromatic carbocycles. The van der Waals surface area contributed by atoms with E-state index in [-0.39, 0.29) is 19.0 Å². The van der Waals surface area contributed by atoms with Crippen LogP contribution in [0.4, 0.5) is 13.2 Å². The van der Waals surface area contributed by atoms with E-state index in [1.807, 2.05) is 29.6 Å². The predicted octanol–water partition coefficient (Wildman–Crippen LogP) is 6.89. The van der Waals surface area contributed by atoms with Crippen LogP contribution in [0.5, 0.6) is 5.75 Å². The molecule has 0 amide bonds. The highest BCUT2D eigenvalue weighted by atomic mass is 35.5. The number of esters is 1. The number of rotatable bonds is 8. The molecule has 1 aliphatic heterocycles. The fraction of sp³-hybridized carbons (Fsp3) is 0.321. The largest absolute Gasteiger partial charge is 0.487 e. The van der Waals surface area contributed by atoms with Crippen LogP contribution in [-0.4, -0.2) is 40.4 Å². The Morgan fingerprint density at radius 1 is 1.20 bits per heavy atom. The van der Waals surface area contributed by atoms with Gasteiger partial charge < -0.3 is 14.8 Å². The van der Waals surface area contributed by atoms with Crippen LogP contribution >= 0.6 is 22.9 Å². The summed E-state index contributed by atoms with van der Waals surface area (Å²) in [4.78, 5) is 17.3. The number of benzene rings is 1. The number of ether oxygens (including phenoxy) is 2. The van der Waals surface area contributed by atoms with Gasteiger partial charge in [0.05, 0.1) is 28.4 Å². The molecule has 7 nitrogen and oxygen atoms in total. The van der Waals surface area contributed by atoms with Crippen molar-refractivity contribution in [3.63, 3.8) is 0 Å². The maximum absolute atomic E-state index is 14.0. The topological polar surface area (TPSA) is 78.3 Å². The Bertz CT molecular complexity index is 1500. The van der Waals surface area contributed by atoms with Crippen LogP contribution in [0.2, 0.25) is 5.02 Å². The van der Waals surface area contributed by atoms with E-state index < -0.39 is 23.4 Å². The molecular formula is C28H26ClF3N4O3S. The minimum absolute atomic E-state index is 0.0636. The molecule has 1 aliphatic rings. The monoisotopic (exact) mass is 590 g/mol. The number of alkyl halides is 3. The first-order chi connectivity index (χ1) is 19.3. The van der Waals surface area contributed by atoms with E-state index in [0.717, 1.165) is 42.6 Å². The van der Waals surface area contributed by atoms with Crippen molar-refractivity contribution in [1.29, 1.82) is 0 Å². The molecule has 0 aliphatic carbocycles. The molecule has 0 spiro atoms. The molecule has 0 saturated carbocycles. The van der Waals surface area contributed by atoms with Crippen LogP contribution in [0.1, 0.15) is 52.9 Å². The van der Waals surface area contributed by atoms with Crippen molar-refractivity contribution in [3.8, 4) is 22.1 Å². The van der Waals surface area contributed by atoms with E-state index in [2.05, 4.69) is 15.4 Å². The van der Waals surface area contributed by atoms with Crippen LogP contribution in [-0.2, 0) is 17.5 Å².